The van der Waals surface area contributed by atoms with Gasteiger partial charge >= 0.3 is 5.97 Å². The highest BCUT2D eigenvalue weighted by molar-refractivity contribution is 5.92. The van der Waals surface area contributed by atoms with Gasteiger partial charge in [-0.2, -0.15) is 0 Å². The zero-order chi connectivity index (χ0) is 22.9. The SMILES string of the molecule is CCOc1ccc(/C=C/C(=O)N(Cc2ccoc2C(=O)OC)[C@@H](C)c2ccccn2)cc1. The fourth-order valence-electron chi connectivity index (χ4n) is 3.21. The zero-order valence-corrected chi connectivity index (χ0v) is 18.4. The maximum atomic E-state index is 13.2. The van der Waals surface area contributed by atoms with Crippen LogP contribution < -0.4 is 4.74 Å². The molecule has 0 saturated carbocycles. The van der Waals surface area contributed by atoms with Crippen LogP contribution in [0.1, 0.15) is 47.3 Å². The van der Waals surface area contributed by atoms with Crippen molar-refractivity contribution in [2.75, 3.05) is 13.7 Å². The molecule has 3 aromatic rings. The van der Waals surface area contributed by atoms with E-state index in [4.69, 9.17) is 13.9 Å². The van der Waals surface area contributed by atoms with Crippen LogP contribution in [0, 0.1) is 0 Å². The number of aromatic nitrogens is 1. The van der Waals surface area contributed by atoms with Crippen molar-refractivity contribution in [3.63, 3.8) is 0 Å². The summed E-state index contributed by atoms with van der Waals surface area (Å²) in [5, 5.41) is 0. The Morgan fingerprint density at radius 1 is 1.16 bits per heavy atom. The van der Waals surface area contributed by atoms with Gasteiger partial charge in [0.1, 0.15) is 5.75 Å². The molecule has 166 valence electrons. The summed E-state index contributed by atoms with van der Waals surface area (Å²) in [6.45, 7) is 4.57. The largest absolute Gasteiger partial charge is 0.494 e. The number of methoxy groups -OCH3 is 1. The average Bonchev–Trinajstić information content (AvgIpc) is 3.30. The minimum atomic E-state index is -0.590. The summed E-state index contributed by atoms with van der Waals surface area (Å²) < 4.78 is 15.5. The first-order valence-corrected chi connectivity index (χ1v) is 10.3. The highest BCUT2D eigenvalue weighted by Gasteiger charge is 2.25. The van der Waals surface area contributed by atoms with Gasteiger partial charge in [-0.25, -0.2) is 4.79 Å². The van der Waals surface area contributed by atoms with E-state index in [1.807, 2.05) is 56.3 Å². The Kier molecular flexibility index (Phi) is 7.80. The third kappa shape index (κ3) is 5.63. The summed E-state index contributed by atoms with van der Waals surface area (Å²) in [6, 6.07) is 14.3. The summed E-state index contributed by atoms with van der Waals surface area (Å²) >= 11 is 0. The number of furan rings is 1. The highest BCUT2D eigenvalue weighted by Crippen LogP contribution is 2.24. The molecule has 1 aromatic carbocycles. The quantitative estimate of drug-likeness (QED) is 0.360. The topological polar surface area (TPSA) is 81.9 Å². The summed E-state index contributed by atoms with van der Waals surface area (Å²) in [5.41, 5.74) is 2.16. The Hall–Kier alpha value is -3.87. The number of carbonyl (C=O) groups excluding carboxylic acids is 2. The van der Waals surface area contributed by atoms with Crippen molar-refractivity contribution in [1.82, 2.24) is 9.88 Å². The number of esters is 1. The van der Waals surface area contributed by atoms with Crippen molar-refractivity contribution in [3.05, 3.63) is 89.6 Å². The molecule has 0 fully saturated rings. The second-order valence-electron chi connectivity index (χ2n) is 7.00. The van der Waals surface area contributed by atoms with E-state index >= 15 is 0 Å². The first-order valence-electron chi connectivity index (χ1n) is 10.3. The molecular weight excluding hydrogens is 408 g/mol. The van der Waals surface area contributed by atoms with Gasteiger partial charge in [-0.15, -0.1) is 0 Å². The molecule has 0 saturated heterocycles. The van der Waals surface area contributed by atoms with Crippen molar-refractivity contribution in [2.24, 2.45) is 0 Å². The van der Waals surface area contributed by atoms with E-state index in [1.165, 1.54) is 19.4 Å². The molecule has 1 amide bonds. The summed E-state index contributed by atoms with van der Waals surface area (Å²) in [4.78, 5) is 31.2. The molecule has 3 rings (SSSR count). The maximum Gasteiger partial charge on any atom is 0.374 e. The van der Waals surface area contributed by atoms with E-state index in [0.29, 0.717) is 12.2 Å². The van der Waals surface area contributed by atoms with E-state index in [9.17, 15) is 9.59 Å². The van der Waals surface area contributed by atoms with Gasteiger partial charge in [0, 0.05) is 17.8 Å². The van der Waals surface area contributed by atoms with Crippen LogP contribution in [-0.4, -0.2) is 35.5 Å². The number of benzene rings is 1. The van der Waals surface area contributed by atoms with Gasteiger partial charge in [0.05, 0.1) is 38.3 Å². The lowest BCUT2D eigenvalue weighted by Gasteiger charge is -2.28. The van der Waals surface area contributed by atoms with Crippen LogP contribution in [0.4, 0.5) is 0 Å². The molecule has 0 aliphatic heterocycles. The third-order valence-electron chi connectivity index (χ3n) is 4.93. The number of nitrogens with zero attached hydrogens (tertiary/aromatic N) is 2. The minimum absolute atomic E-state index is 0.0778. The molecule has 0 aliphatic carbocycles. The van der Waals surface area contributed by atoms with Crippen LogP contribution in [0.3, 0.4) is 0 Å². The van der Waals surface area contributed by atoms with E-state index in [2.05, 4.69) is 4.98 Å². The normalized spacial score (nSPS) is 11.8. The van der Waals surface area contributed by atoms with Crippen LogP contribution >= 0.6 is 0 Å². The van der Waals surface area contributed by atoms with E-state index in [0.717, 1.165) is 17.0 Å². The summed E-state index contributed by atoms with van der Waals surface area (Å²) in [6.07, 6.45) is 6.34. The zero-order valence-electron chi connectivity index (χ0n) is 18.4. The number of carbonyl (C=O) groups is 2. The number of hydrogen-bond acceptors (Lipinski definition) is 6. The first-order chi connectivity index (χ1) is 15.5. The molecule has 0 unspecified atom stereocenters. The molecule has 2 aromatic heterocycles. The van der Waals surface area contributed by atoms with E-state index in [-0.39, 0.29) is 24.3 Å². The van der Waals surface area contributed by atoms with Crippen LogP contribution in [-0.2, 0) is 16.1 Å². The van der Waals surface area contributed by atoms with Gasteiger partial charge in [0.2, 0.25) is 11.7 Å². The Bertz CT molecular complexity index is 1060. The number of pyridine rings is 1. The number of ether oxygens (including phenoxy) is 2. The standard InChI is InChI=1S/C25H26N2O5/c1-4-31-21-11-8-19(9-12-21)10-13-23(28)27(18(2)22-7-5-6-15-26-22)17-20-14-16-32-24(20)25(29)30-3/h5-16,18H,4,17H2,1-3H3/b13-10+/t18-/m0/s1. The molecule has 2 heterocycles. The van der Waals surface area contributed by atoms with Crippen LogP contribution in [0.5, 0.6) is 5.75 Å². The summed E-state index contributed by atoms with van der Waals surface area (Å²) in [5.74, 6) is 0.0348. The second-order valence-corrected chi connectivity index (χ2v) is 7.00. The monoisotopic (exact) mass is 434 g/mol. The molecule has 0 radical (unpaired) electrons. The van der Waals surface area contributed by atoms with Crippen LogP contribution in [0.25, 0.3) is 6.08 Å². The molecule has 0 N–H and O–H groups in total. The second kappa shape index (κ2) is 10.9. The third-order valence-corrected chi connectivity index (χ3v) is 4.93. The van der Waals surface area contributed by atoms with Crippen molar-refractivity contribution in [3.8, 4) is 5.75 Å². The van der Waals surface area contributed by atoms with E-state index < -0.39 is 5.97 Å². The van der Waals surface area contributed by atoms with Gasteiger partial charge < -0.3 is 18.8 Å². The van der Waals surface area contributed by atoms with Gasteiger partial charge in [0.15, 0.2) is 0 Å². The number of rotatable bonds is 9. The smallest absolute Gasteiger partial charge is 0.374 e. The fraction of sp³-hybridized carbons (Fsp3) is 0.240. The van der Waals surface area contributed by atoms with Crippen LogP contribution in [0.2, 0.25) is 0 Å². The first kappa shape index (κ1) is 22.8. The van der Waals surface area contributed by atoms with Crippen molar-refractivity contribution >= 4 is 18.0 Å². The molecule has 7 heteroatoms. The summed E-state index contributed by atoms with van der Waals surface area (Å²) in [7, 11) is 1.29. The molecule has 0 aliphatic rings. The lowest BCUT2D eigenvalue weighted by molar-refractivity contribution is -0.128. The Balaban J connectivity index is 1.85. The molecule has 0 bridgehead atoms. The van der Waals surface area contributed by atoms with Crippen molar-refractivity contribution in [1.29, 1.82) is 0 Å². The fourth-order valence-corrected chi connectivity index (χ4v) is 3.21. The Morgan fingerprint density at radius 2 is 1.94 bits per heavy atom. The van der Waals surface area contributed by atoms with Crippen molar-refractivity contribution < 1.29 is 23.5 Å². The lowest BCUT2D eigenvalue weighted by Crippen LogP contribution is -2.32. The number of hydrogen-bond donors (Lipinski definition) is 0. The minimum Gasteiger partial charge on any atom is -0.494 e. The molecule has 0 spiro atoms. The molecular formula is C25H26N2O5. The van der Waals surface area contributed by atoms with Gasteiger partial charge in [-0.05, 0) is 55.8 Å². The van der Waals surface area contributed by atoms with Gasteiger partial charge in [-0.3, -0.25) is 9.78 Å². The van der Waals surface area contributed by atoms with E-state index in [1.54, 1.807) is 23.2 Å². The Labute approximate surface area is 187 Å². The van der Waals surface area contributed by atoms with Gasteiger partial charge in [-0.1, -0.05) is 18.2 Å². The maximum absolute atomic E-state index is 13.2. The molecule has 7 nitrogen and oxygen atoms in total. The van der Waals surface area contributed by atoms with Crippen molar-refractivity contribution in [2.45, 2.75) is 26.4 Å². The predicted octanol–water partition coefficient (Wildman–Crippen LogP) is 4.66. The molecule has 1 atom stereocenters. The number of amides is 1. The van der Waals surface area contributed by atoms with Crippen LogP contribution in [0.15, 0.2) is 71.5 Å². The highest BCUT2D eigenvalue weighted by atomic mass is 16.5. The molecule has 32 heavy (non-hydrogen) atoms. The Morgan fingerprint density at radius 3 is 2.59 bits per heavy atom. The predicted molar refractivity (Wildman–Crippen MR) is 120 cm³/mol. The lowest BCUT2D eigenvalue weighted by atomic mass is 10.1. The average molecular weight is 434 g/mol. The van der Waals surface area contributed by atoms with Gasteiger partial charge in [0.25, 0.3) is 0 Å².